The summed E-state index contributed by atoms with van der Waals surface area (Å²) in [6, 6.07) is 0. The number of allylic oxidation sites excluding steroid dienone is 3. The van der Waals surface area contributed by atoms with Gasteiger partial charge in [-0.2, -0.15) is 0 Å². The molecule has 0 aromatic carbocycles. The van der Waals surface area contributed by atoms with Gasteiger partial charge in [0, 0.05) is 5.57 Å². The fraction of sp³-hybridized carbons (Fsp3) is 0.444. The molecule has 0 fully saturated rings. The number of hydrogen-bond donors (Lipinski definition) is 0. The zero-order valence-electron chi connectivity index (χ0n) is 7.26. The molecule has 0 aliphatic carbocycles. The van der Waals surface area contributed by atoms with Gasteiger partial charge in [-0.25, -0.2) is 4.79 Å². The summed E-state index contributed by atoms with van der Waals surface area (Å²) in [4.78, 5) is 10.8. The second kappa shape index (κ2) is 5.71. The van der Waals surface area contributed by atoms with Crippen molar-refractivity contribution in [3.05, 3.63) is 23.8 Å². The Morgan fingerprint density at radius 3 is 2.64 bits per heavy atom. The normalized spacial score (nSPS) is 12.1. The topological polar surface area (TPSA) is 26.3 Å². The first-order valence-corrected chi connectivity index (χ1v) is 3.64. The summed E-state index contributed by atoms with van der Waals surface area (Å²) in [6.07, 6.45) is 6.55. The third-order valence-corrected chi connectivity index (χ3v) is 1.23. The second-order valence-electron chi connectivity index (χ2n) is 2.18. The van der Waals surface area contributed by atoms with Crippen molar-refractivity contribution in [3.63, 3.8) is 0 Å². The summed E-state index contributed by atoms with van der Waals surface area (Å²) in [5.41, 5.74) is 0.622. The molecule has 0 heterocycles. The summed E-state index contributed by atoms with van der Waals surface area (Å²) in [6.45, 7) is 3.77. The number of hydrogen-bond acceptors (Lipinski definition) is 2. The number of carbonyl (C=O) groups is 1. The van der Waals surface area contributed by atoms with Crippen LogP contribution in [0.3, 0.4) is 0 Å². The average Bonchev–Trinajstić information content (AvgIpc) is 2.03. The molecule has 0 aliphatic rings. The predicted octanol–water partition coefficient (Wildman–Crippen LogP) is 2.07. The van der Waals surface area contributed by atoms with E-state index in [2.05, 4.69) is 4.74 Å². The highest BCUT2D eigenvalue weighted by molar-refractivity contribution is 5.87. The Labute approximate surface area is 67.6 Å². The maximum absolute atomic E-state index is 10.8. The lowest BCUT2D eigenvalue weighted by Crippen LogP contribution is -2.00. The molecule has 0 bridgehead atoms. The molecular weight excluding hydrogens is 140 g/mol. The van der Waals surface area contributed by atoms with Gasteiger partial charge in [0.15, 0.2) is 0 Å². The SMILES string of the molecule is CCC=CC=C(C)C(=O)OC. The van der Waals surface area contributed by atoms with Crippen molar-refractivity contribution in [2.24, 2.45) is 0 Å². The van der Waals surface area contributed by atoms with E-state index in [1.807, 2.05) is 19.1 Å². The molecule has 62 valence electrons. The Morgan fingerprint density at radius 1 is 1.55 bits per heavy atom. The molecular formula is C9H14O2. The molecule has 0 saturated carbocycles. The van der Waals surface area contributed by atoms with Crippen LogP contribution in [-0.2, 0) is 9.53 Å². The lowest BCUT2D eigenvalue weighted by molar-refractivity contribution is -0.136. The maximum Gasteiger partial charge on any atom is 0.333 e. The molecule has 0 amide bonds. The van der Waals surface area contributed by atoms with E-state index in [9.17, 15) is 4.79 Å². The fourth-order valence-electron chi connectivity index (χ4n) is 0.577. The van der Waals surface area contributed by atoms with Crippen molar-refractivity contribution >= 4 is 5.97 Å². The van der Waals surface area contributed by atoms with Crippen LogP contribution in [0.15, 0.2) is 23.8 Å². The molecule has 0 N–H and O–H groups in total. The zero-order valence-corrected chi connectivity index (χ0v) is 7.26. The van der Waals surface area contributed by atoms with E-state index in [-0.39, 0.29) is 5.97 Å². The summed E-state index contributed by atoms with van der Waals surface area (Å²) in [5, 5.41) is 0. The third kappa shape index (κ3) is 4.37. The van der Waals surface area contributed by atoms with Crippen LogP contribution in [0.4, 0.5) is 0 Å². The number of methoxy groups -OCH3 is 1. The van der Waals surface area contributed by atoms with Gasteiger partial charge in [0.05, 0.1) is 7.11 Å². The van der Waals surface area contributed by atoms with Gasteiger partial charge < -0.3 is 4.74 Å². The Hall–Kier alpha value is -1.05. The van der Waals surface area contributed by atoms with E-state index in [1.54, 1.807) is 13.0 Å². The van der Waals surface area contributed by atoms with Crippen LogP contribution in [0, 0.1) is 0 Å². The molecule has 0 unspecified atom stereocenters. The van der Waals surface area contributed by atoms with Crippen LogP contribution in [0.2, 0.25) is 0 Å². The van der Waals surface area contributed by atoms with Gasteiger partial charge in [-0.05, 0) is 13.3 Å². The lowest BCUT2D eigenvalue weighted by Gasteiger charge is -1.94. The van der Waals surface area contributed by atoms with Crippen molar-refractivity contribution in [3.8, 4) is 0 Å². The molecule has 0 saturated heterocycles. The molecule has 0 rings (SSSR count). The first-order chi connectivity index (χ1) is 5.22. The van der Waals surface area contributed by atoms with Gasteiger partial charge >= 0.3 is 5.97 Å². The Kier molecular flexibility index (Phi) is 5.17. The quantitative estimate of drug-likeness (QED) is 0.353. The fourth-order valence-corrected chi connectivity index (χ4v) is 0.577. The second-order valence-corrected chi connectivity index (χ2v) is 2.18. The zero-order chi connectivity index (χ0) is 8.69. The van der Waals surface area contributed by atoms with E-state index in [0.717, 1.165) is 6.42 Å². The number of rotatable bonds is 3. The van der Waals surface area contributed by atoms with E-state index in [0.29, 0.717) is 5.57 Å². The molecule has 0 aromatic rings. The minimum atomic E-state index is -0.272. The Bertz CT molecular complexity index is 178. The summed E-state index contributed by atoms with van der Waals surface area (Å²) in [7, 11) is 1.38. The number of esters is 1. The standard InChI is InChI=1S/C9H14O2/c1-4-5-6-7-8(2)9(10)11-3/h5-7H,4H2,1-3H3. The largest absolute Gasteiger partial charge is 0.466 e. The van der Waals surface area contributed by atoms with Gasteiger partial charge in [-0.1, -0.05) is 25.2 Å². The Balaban J connectivity index is 4.00. The number of ether oxygens (including phenoxy) is 1. The lowest BCUT2D eigenvalue weighted by atomic mass is 10.2. The van der Waals surface area contributed by atoms with Gasteiger partial charge in [0.1, 0.15) is 0 Å². The average molecular weight is 154 g/mol. The number of carbonyl (C=O) groups excluding carboxylic acids is 1. The van der Waals surface area contributed by atoms with Gasteiger partial charge in [0.25, 0.3) is 0 Å². The van der Waals surface area contributed by atoms with Gasteiger partial charge in [-0.3, -0.25) is 0 Å². The van der Waals surface area contributed by atoms with Crippen LogP contribution in [0.5, 0.6) is 0 Å². The molecule has 0 spiro atoms. The van der Waals surface area contributed by atoms with Crippen LogP contribution < -0.4 is 0 Å². The van der Waals surface area contributed by atoms with Crippen LogP contribution in [0.25, 0.3) is 0 Å². The van der Waals surface area contributed by atoms with Crippen molar-refractivity contribution in [2.45, 2.75) is 20.3 Å². The van der Waals surface area contributed by atoms with Crippen molar-refractivity contribution in [1.82, 2.24) is 0 Å². The molecule has 0 aromatic heterocycles. The molecule has 0 atom stereocenters. The third-order valence-electron chi connectivity index (χ3n) is 1.23. The molecule has 11 heavy (non-hydrogen) atoms. The van der Waals surface area contributed by atoms with Crippen LogP contribution in [0.1, 0.15) is 20.3 Å². The smallest absolute Gasteiger partial charge is 0.333 e. The first kappa shape index (κ1) is 9.95. The highest BCUT2D eigenvalue weighted by Gasteiger charge is 1.99. The minimum absolute atomic E-state index is 0.272. The van der Waals surface area contributed by atoms with Crippen molar-refractivity contribution in [1.29, 1.82) is 0 Å². The van der Waals surface area contributed by atoms with Gasteiger partial charge in [0.2, 0.25) is 0 Å². The molecule has 0 aliphatic heterocycles. The molecule has 0 radical (unpaired) electrons. The summed E-state index contributed by atoms with van der Waals surface area (Å²) in [5.74, 6) is -0.272. The Morgan fingerprint density at radius 2 is 2.18 bits per heavy atom. The van der Waals surface area contributed by atoms with Gasteiger partial charge in [-0.15, -0.1) is 0 Å². The van der Waals surface area contributed by atoms with E-state index in [1.165, 1.54) is 7.11 Å². The predicted molar refractivity (Wildman–Crippen MR) is 45.2 cm³/mol. The monoisotopic (exact) mass is 154 g/mol. The van der Waals surface area contributed by atoms with E-state index in [4.69, 9.17) is 0 Å². The van der Waals surface area contributed by atoms with E-state index < -0.39 is 0 Å². The summed E-state index contributed by atoms with van der Waals surface area (Å²) >= 11 is 0. The van der Waals surface area contributed by atoms with E-state index >= 15 is 0 Å². The maximum atomic E-state index is 10.8. The highest BCUT2D eigenvalue weighted by Crippen LogP contribution is 1.95. The highest BCUT2D eigenvalue weighted by atomic mass is 16.5. The minimum Gasteiger partial charge on any atom is -0.466 e. The summed E-state index contributed by atoms with van der Waals surface area (Å²) < 4.78 is 4.50. The van der Waals surface area contributed by atoms with Crippen LogP contribution in [-0.4, -0.2) is 13.1 Å². The molecule has 2 heteroatoms. The van der Waals surface area contributed by atoms with Crippen molar-refractivity contribution in [2.75, 3.05) is 7.11 Å². The molecule has 2 nitrogen and oxygen atoms in total. The first-order valence-electron chi connectivity index (χ1n) is 3.64. The van der Waals surface area contributed by atoms with Crippen molar-refractivity contribution < 1.29 is 9.53 Å². The van der Waals surface area contributed by atoms with Crippen LogP contribution >= 0.6 is 0 Å².